The summed E-state index contributed by atoms with van der Waals surface area (Å²) in [5, 5.41) is 0. The van der Waals surface area contributed by atoms with Crippen molar-refractivity contribution in [2.24, 2.45) is 0 Å². The Morgan fingerprint density at radius 3 is 2.48 bits per heavy atom. The van der Waals surface area contributed by atoms with Gasteiger partial charge in [-0.15, -0.1) is 0 Å². The van der Waals surface area contributed by atoms with Gasteiger partial charge in [0.25, 0.3) is 5.56 Å². The van der Waals surface area contributed by atoms with Gasteiger partial charge in [0.2, 0.25) is 5.95 Å². The molecule has 3 atom stereocenters. The second kappa shape index (κ2) is 10.1. The minimum atomic E-state index is -5.35. The normalized spacial score (nSPS) is 15.8. The number of phosphoric ester groups is 1. The molecular formula is C10H13N5NaO11P2. The molecule has 6 N–H and O–H groups in total. The summed E-state index contributed by atoms with van der Waals surface area (Å²) in [6, 6.07) is 0. The minimum absolute atomic E-state index is 0. The number of nitrogen functional groups attached to an aromatic ring is 1. The molecule has 2 heterocycles. The van der Waals surface area contributed by atoms with Crippen molar-refractivity contribution in [3.63, 3.8) is 0 Å². The van der Waals surface area contributed by atoms with Crippen LogP contribution in [0.2, 0.25) is 0 Å². The van der Waals surface area contributed by atoms with E-state index in [9.17, 15) is 28.4 Å². The Morgan fingerprint density at radius 2 is 1.93 bits per heavy atom. The Labute approximate surface area is 182 Å². The first-order valence-electron chi connectivity index (χ1n) is 6.98. The maximum absolute atomic E-state index is 11.7. The molecule has 0 fully saturated rings. The number of carbonyl (C=O) groups is 2. The molecule has 0 saturated heterocycles. The first kappa shape index (κ1) is 25.7. The Kier molecular flexibility index (Phi) is 9.01. The number of aromatic amines is 1. The van der Waals surface area contributed by atoms with Crippen molar-refractivity contribution in [2.75, 3.05) is 12.3 Å². The number of imidazole rings is 1. The monoisotopic (exact) mass is 464 g/mol. The van der Waals surface area contributed by atoms with Gasteiger partial charge in [-0.05, 0) is 0 Å². The SMILES string of the molecule is Nc1nc2c(ncn2C(C=O)OC(C=O)COP(=O)(O)OP(=O)(O)O)c(=O)[nH]1.[Na]. The van der Waals surface area contributed by atoms with Crippen LogP contribution in [0.3, 0.4) is 0 Å². The number of ether oxygens (including phenoxy) is 1. The van der Waals surface area contributed by atoms with Gasteiger partial charge in [-0.1, -0.05) is 0 Å². The van der Waals surface area contributed by atoms with Crippen molar-refractivity contribution in [3.8, 4) is 0 Å². The van der Waals surface area contributed by atoms with Gasteiger partial charge in [-0.2, -0.15) is 9.29 Å². The molecule has 0 aliphatic rings. The van der Waals surface area contributed by atoms with Gasteiger partial charge in [-0.3, -0.25) is 23.7 Å². The van der Waals surface area contributed by atoms with Crippen LogP contribution in [0.5, 0.6) is 0 Å². The van der Waals surface area contributed by atoms with E-state index in [-0.39, 0.29) is 59.2 Å². The number of carbonyl (C=O) groups excluding carboxylic acids is 2. The molecule has 1 radical (unpaired) electrons. The molecule has 0 amide bonds. The van der Waals surface area contributed by atoms with Gasteiger partial charge in [0.1, 0.15) is 6.10 Å². The maximum Gasteiger partial charge on any atom is 0.481 e. The van der Waals surface area contributed by atoms with Gasteiger partial charge in [0, 0.05) is 29.6 Å². The molecule has 29 heavy (non-hydrogen) atoms. The number of hydrogen-bond donors (Lipinski definition) is 5. The van der Waals surface area contributed by atoms with Crippen LogP contribution in [0.1, 0.15) is 6.23 Å². The van der Waals surface area contributed by atoms with Gasteiger partial charge >= 0.3 is 15.6 Å². The van der Waals surface area contributed by atoms with Gasteiger partial charge in [-0.25, -0.2) is 14.1 Å². The Morgan fingerprint density at radius 1 is 1.28 bits per heavy atom. The molecule has 3 unspecified atom stereocenters. The van der Waals surface area contributed by atoms with E-state index in [1.165, 1.54) is 0 Å². The predicted octanol–water partition coefficient (Wildman–Crippen LogP) is -2.17. The number of phosphoric acid groups is 2. The number of nitrogens with zero attached hydrogens (tertiary/aromatic N) is 3. The van der Waals surface area contributed by atoms with Crippen molar-refractivity contribution in [1.82, 2.24) is 19.5 Å². The fourth-order valence-electron chi connectivity index (χ4n) is 1.91. The van der Waals surface area contributed by atoms with E-state index >= 15 is 0 Å². The summed E-state index contributed by atoms with van der Waals surface area (Å²) in [5.41, 5.74) is 4.39. The molecule has 2 aromatic rings. The molecule has 0 spiro atoms. The van der Waals surface area contributed by atoms with Gasteiger partial charge < -0.3 is 29.9 Å². The van der Waals surface area contributed by atoms with Crippen LogP contribution in [0.25, 0.3) is 11.2 Å². The summed E-state index contributed by atoms with van der Waals surface area (Å²) in [5.74, 6) is -0.282. The number of rotatable bonds is 10. The third-order valence-corrected chi connectivity index (χ3v) is 5.07. The topological polar surface area (TPSA) is 246 Å². The first-order valence-corrected chi connectivity index (χ1v) is 10.0. The van der Waals surface area contributed by atoms with E-state index in [4.69, 9.17) is 20.3 Å². The fourth-order valence-corrected chi connectivity index (χ4v) is 3.51. The Bertz CT molecular complexity index is 1030. The molecule has 155 valence electrons. The average molecular weight is 464 g/mol. The standard InChI is InChI=1S/C10H13N5O11P2.Na/c11-10-13-8-7(9(18)14-10)12-4-15(8)6(2-17)25-5(1-16)3-24-28(22,23)26-27(19,20)21;/h1-2,4-6H,3H2,(H,22,23)(H2,19,20,21)(H3,11,13,14,18);. The van der Waals surface area contributed by atoms with Crippen LogP contribution in [-0.2, 0) is 32.3 Å². The summed E-state index contributed by atoms with van der Waals surface area (Å²) >= 11 is 0. The maximum atomic E-state index is 11.7. The number of nitrogens with two attached hydrogens (primary N) is 1. The second-order valence-corrected chi connectivity index (χ2v) is 7.78. The summed E-state index contributed by atoms with van der Waals surface area (Å²) in [6.07, 6.45) is -1.96. The van der Waals surface area contributed by atoms with Crippen molar-refractivity contribution in [3.05, 3.63) is 16.7 Å². The zero-order chi connectivity index (χ0) is 21.1. The van der Waals surface area contributed by atoms with E-state index in [0.29, 0.717) is 0 Å². The van der Waals surface area contributed by atoms with E-state index in [1.54, 1.807) is 0 Å². The third-order valence-electron chi connectivity index (χ3n) is 2.92. The number of hydrogen-bond acceptors (Lipinski definition) is 11. The first-order chi connectivity index (χ1) is 13.0. The van der Waals surface area contributed by atoms with Crippen LogP contribution in [0.15, 0.2) is 11.1 Å². The number of aldehydes is 2. The number of anilines is 1. The Hall–Kier alpha value is -1.29. The predicted molar refractivity (Wildman–Crippen MR) is 93.3 cm³/mol. The van der Waals surface area contributed by atoms with Gasteiger partial charge in [0.05, 0.1) is 12.9 Å². The molecule has 0 saturated carbocycles. The van der Waals surface area contributed by atoms with Crippen LogP contribution in [-0.4, -0.2) is 89.0 Å². The van der Waals surface area contributed by atoms with Gasteiger partial charge in [0.15, 0.2) is 30.0 Å². The van der Waals surface area contributed by atoms with Crippen LogP contribution >= 0.6 is 15.6 Å². The van der Waals surface area contributed by atoms with Crippen molar-refractivity contribution in [1.29, 1.82) is 0 Å². The third kappa shape index (κ3) is 7.16. The van der Waals surface area contributed by atoms with Crippen LogP contribution < -0.4 is 11.3 Å². The van der Waals surface area contributed by atoms with Crippen molar-refractivity contribution >= 4 is 74.9 Å². The molecule has 19 heteroatoms. The molecule has 2 rings (SSSR count). The summed E-state index contributed by atoms with van der Waals surface area (Å²) in [6.45, 7) is -1.01. The molecule has 0 bridgehead atoms. The van der Waals surface area contributed by atoms with Crippen LogP contribution in [0, 0.1) is 0 Å². The largest absolute Gasteiger partial charge is 0.481 e. The smallest absolute Gasteiger partial charge is 0.369 e. The van der Waals surface area contributed by atoms with E-state index < -0.39 is 40.1 Å². The van der Waals surface area contributed by atoms with Crippen molar-refractivity contribution < 1.29 is 47.0 Å². The number of H-pyrrole nitrogens is 1. The molecule has 0 aromatic carbocycles. The number of fused-ring (bicyclic) bond motifs is 1. The quantitative estimate of drug-likeness (QED) is 0.143. The molecular weight excluding hydrogens is 451 g/mol. The summed E-state index contributed by atoms with van der Waals surface area (Å²) in [7, 11) is -10.6. The molecule has 0 aliphatic carbocycles. The minimum Gasteiger partial charge on any atom is -0.369 e. The molecule has 0 aliphatic heterocycles. The Balaban J connectivity index is 0.00000420. The van der Waals surface area contributed by atoms with Crippen molar-refractivity contribution in [2.45, 2.75) is 12.3 Å². The molecule has 2 aromatic heterocycles. The summed E-state index contributed by atoms with van der Waals surface area (Å²) < 4.78 is 35.8. The number of nitrogens with one attached hydrogen (secondary N) is 1. The van der Waals surface area contributed by atoms with E-state index in [2.05, 4.69) is 23.8 Å². The zero-order valence-corrected chi connectivity index (χ0v) is 18.3. The zero-order valence-electron chi connectivity index (χ0n) is 14.5. The molecule has 16 nitrogen and oxygen atoms in total. The average Bonchev–Trinajstić information content (AvgIpc) is 2.97. The summed E-state index contributed by atoms with van der Waals surface area (Å²) in [4.78, 5) is 70.1. The van der Waals surface area contributed by atoms with E-state index in [1.807, 2.05) is 0 Å². The van der Waals surface area contributed by atoms with E-state index in [0.717, 1.165) is 10.9 Å². The second-order valence-electron chi connectivity index (χ2n) is 4.95. The number of aromatic nitrogens is 4. The fraction of sp³-hybridized carbons (Fsp3) is 0.300. The van der Waals surface area contributed by atoms with Crippen LogP contribution in [0.4, 0.5) is 5.95 Å².